The van der Waals surface area contributed by atoms with Crippen molar-refractivity contribution >= 4 is 91.3 Å². The van der Waals surface area contributed by atoms with Crippen LogP contribution in [0.1, 0.15) is 27.6 Å². The van der Waals surface area contributed by atoms with Crippen molar-refractivity contribution in [3.63, 3.8) is 0 Å². The molecule has 0 unspecified atom stereocenters. The highest BCUT2D eigenvalue weighted by Crippen LogP contribution is 2.38. The summed E-state index contributed by atoms with van der Waals surface area (Å²) in [5, 5.41) is 2.77. The van der Waals surface area contributed by atoms with Gasteiger partial charge in [0.1, 0.15) is 0 Å². The molecule has 184 valence electrons. The van der Waals surface area contributed by atoms with E-state index in [1.165, 1.54) is 4.90 Å². The van der Waals surface area contributed by atoms with Gasteiger partial charge in [-0.1, -0.05) is 24.3 Å². The molecular formula is C24H29I3N4O3. The minimum atomic E-state index is -0.334. The van der Waals surface area contributed by atoms with Crippen LogP contribution in [0.15, 0.2) is 50.6 Å². The molecule has 0 aliphatic rings. The molecule has 34 heavy (non-hydrogen) atoms. The first kappa shape index (κ1) is 30.6. The molecule has 7 nitrogen and oxygen atoms in total. The van der Waals surface area contributed by atoms with Gasteiger partial charge < -0.3 is 15.1 Å². The van der Waals surface area contributed by atoms with Crippen molar-refractivity contribution in [1.29, 1.82) is 0 Å². The van der Waals surface area contributed by atoms with E-state index in [0.29, 0.717) is 60.2 Å². The third kappa shape index (κ3) is 7.06. The number of carbonyl (C=O) groups is 3. The van der Waals surface area contributed by atoms with E-state index in [2.05, 4.69) is 99.4 Å². The maximum absolute atomic E-state index is 13.7. The van der Waals surface area contributed by atoms with Gasteiger partial charge in [-0.15, -0.1) is 26.3 Å². The molecule has 4 amide bonds. The first-order valence-electron chi connectivity index (χ1n) is 10.4. The molecule has 1 N–H and O–H groups in total. The van der Waals surface area contributed by atoms with Gasteiger partial charge in [-0.3, -0.25) is 14.5 Å². The van der Waals surface area contributed by atoms with Crippen LogP contribution in [-0.2, 0) is 0 Å². The quantitative estimate of drug-likeness (QED) is 0.231. The average Bonchev–Trinajstić information content (AvgIpc) is 2.78. The molecule has 0 heterocycles. The van der Waals surface area contributed by atoms with Crippen molar-refractivity contribution in [3.8, 4) is 0 Å². The molecule has 0 bridgehead atoms. The Bertz CT molecular complexity index is 911. The van der Waals surface area contributed by atoms with Crippen LogP contribution < -0.4 is 10.2 Å². The van der Waals surface area contributed by atoms with E-state index in [0.717, 1.165) is 0 Å². The third-order valence-electron chi connectivity index (χ3n) is 4.66. The van der Waals surface area contributed by atoms with E-state index in [-0.39, 0.29) is 17.8 Å². The molecule has 0 atom stereocenters. The highest BCUT2D eigenvalue weighted by atomic mass is 127. The normalized spacial score (nSPS) is 10.1. The first-order valence-corrected chi connectivity index (χ1v) is 13.6. The van der Waals surface area contributed by atoms with Crippen LogP contribution >= 0.6 is 67.8 Å². The minimum Gasteiger partial charge on any atom is -0.338 e. The third-order valence-corrected chi connectivity index (χ3v) is 7.84. The van der Waals surface area contributed by atoms with Crippen LogP contribution in [-0.4, -0.2) is 67.4 Å². The first-order chi connectivity index (χ1) is 16.1. The Kier molecular flexibility index (Phi) is 13.4. The van der Waals surface area contributed by atoms with E-state index in [4.69, 9.17) is 0 Å². The van der Waals surface area contributed by atoms with Gasteiger partial charge in [0.05, 0.1) is 24.0 Å². The Morgan fingerprint density at radius 1 is 0.765 bits per heavy atom. The summed E-state index contributed by atoms with van der Waals surface area (Å²) in [6, 6.07) is -0.334. The molecule has 0 aliphatic carbocycles. The standard InChI is InChI=1S/C24H29I3N4O3/c1-7-12-30(13-8-2)22(32)16-18(25)17(23(33)31(14-9-3)15-10-4)20(27)21(19(16)26)29(6)24(34)28-11-5/h7-10H,1-4,11-15H2,5-6H3,(H,28,34). The predicted octanol–water partition coefficient (Wildman–Crippen LogP) is 5.29. The van der Waals surface area contributed by atoms with Gasteiger partial charge in [0, 0.05) is 43.3 Å². The smallest absolute Gasteiger partial charge is 0.321 e. The zero-order valence-corrected chi connectivity index (χ0v) is 25.8. The molecular weight excluding hydrogens is 773 g/mol. The van der Waals surface area contributed by atoms with Gasteiger partial charge in [0.25, 0.3) is 11.8 Å². The summed E-state index contributed by atoms with van der Waals surface area (Å²) < 4.78 is 1.68. The van der Waals surface area contributed by atoms with Gasteiger partial charge >= 0.3 is 6.03 Å². The molecule has 0 aliphatic heterocycles. The van der Waals surface area contributed by atoms with Crippen molar-refractivity contribution in [2.75, 3.05) is 44.7 Å². The van der Waals surface area contributed by atoms with E-state index < -0.39 is 0 Å². The van der Waals surface area contributed by atoms with Crippen molar-refractivity contribution in [2.45, 2.75) is 6.92 Å². The van der Waals surface area contributed by atoms with E-state index >= 15 is 0 Å². The zero-order chi connectivity index (χ0) is 26.0. The lowest BCUT2D eigenvalue weighted by molar-refractivity contribution is 0.0786. The van der Waals surface area contributed by atoms with E-state index in [1.54, 1.807) is 41.2 Å². The maximum Gasteiger partial charge on any atom is 0.321 e. The number of nitrogens with zero attached hydrogens (tertiary/aromatic N) is 3. The lowest BCUT2D eigenvalue weighted by Crippen LogP contribution is -2.40. The Morgan fingerprint density at radius 3 is 1.41 bits per heavy atom. The fourth-order valence-electron chi connectivity index (χ4n) is 3.11. The van der Waals surface area contributed by atoms with E-state index in [1.807, 2.05) is 6.92 Å². The topological polar surface area (TPSA) is 73.0 Å². The van der Waals surface area contributed by atoms with Gasteiger partial charge in [-0.2, -0.15) is 0 Å². The van der Waals surface area contributed by atoms with E-state index in [9.17, 15) is 14.4 Å². The number of amides is 4. The van der Waals surface area contributed by atoms with Crippen molar-refractivity contribution in [1.82, 2.24) is 15.1 Å². The summed E-state index contributed by atoms with van der Waals surface area (Å²) in [7, 11) is 1.62. The number of anilines is 1. The minimum absolute atomic E-state index is 0.274. The lowest BCUT2D eigenvalue weighted by atomic mass is 10.1. The van der Waals surface area contributed by atoms with Gasteiger partial charge in [-0.25, -0.2) is 4.79 Å². The second-order valence-electron chi connectivity index (χ2n) is 7.01. The molecule has 0 aromatic heterocycles. The molecule has 1 aromatic rings. The van der Waals surface area contributed by atoms with Crippen LogP contribution in [0.5, 0.6) is 0 Å². The number of hydrogen-bond donors (Lipinski definition) is 1. The molecule has 1 rings (SSSR count). The van der Waals surface area contributed by atoms with Crippen LogP contribution in [0.4, 0.5) is 10.5 Å². The lowest BCUT2D eigenvalue weighted by Gasteiger charge is -2.29. The second kappa shape index (κ2) is 14.9. The maximum atomic E-state index is 13.7. The molecule has 1 aromatic carbocycles. The molecule has 0 radical (unpaired) electrons. The summed E-state index contributed by atoms with van der Waals surface area (Å²) >= 11 is 6.21. The van der Waals surface area contributed by atoms with Gasteiger partial charge in [-0.05, 0) is 74.7 Å². The largest absolute Gasteiger partial charge is 0.338 e. The highest BCUT2D eigenvalue weighted by Gasteiger charge is 2.33. The Balaban J connectivity index is 3.98. The zero-order valence-electron chi connectivity index (χ0n) is 19.4. The number of urea groups is 1. The second-order valence-corrected chi connectivity index (χ2v) is 10.2. The predicted molar refractivity (Wildman–Crippen MR) is 165 cm³/mol. The fraction of sp³-hybridized carbons (Fsp3) is 0.292. The number of halogens is 3. The number of benzene rings is 1. The van der Waals surface area contributed by atoms with Crippen LogP contribution in [0.3, 0.4) is 0 Å². The Labute approximate surface area is 242 Å². The van der Waals surface area contributed by atoms with Crippen LogP contribution in [0, 0.1) is 10.7 Å². The van der Waals surface area contributed by atoms with Crippen molar-refractivity contribution in [2.24, 2.45) is 0 Å². The Morgan fingerprint density at radius 2 is 1.12 bits per heavy atom. The summed E-state index contributed by atoms with van der Waals surface area (Å²) in [4.78, 5) is 44.7. The molecule has 10 heteroatoms. The van der Waals surface area contributed by atoms with Gasteiger partial charge in [0.15, 0.2) is 0 Å². The van der Waals surface area contributed by atoms with Crippen molar-refractivity contribution < 1.29 is 14.4 Å². The number of carbonyl (C=O) groups excluding carboxylic acids is 3. The highest BCUT2D eigenvalue weighted by molar-refractivity contribution is 14.1. The molecule has 0 spiro atoms. The number of rotatable bonds is 12. The summed E-state index contributed by atoms with van der Waals surface area (Å²) in [6.45, 7) is 18.5. The monoisotopic (exact) mass is 802 g/mol. The SMILES string of the molecule is C=CCN(CC=C)C(=O)c1c(I)c(C(=O)N(CC=C)CC=C)c(I)c(N(C)C(=O)NCC)c1I. The van der Waals surface area contributed by atoms with Crippen molar-refractivity contribution in [3.05, 3.63) is 72.5 Å². The summed E-state index contributed by atoms with van der Waals surface area (Å²) in [5.41, 5.74) is 1.21. The molecule has 0 fully saturated rings. The van der Waals surface area contributed by atoms with Crippen LogP contribution in [0.2, 0.25) is 0 Å². The number of hydrogen-bond acceptors (Lipinski definition) is 3. The fourth-order valence-corrected chi connectivity index (χ4v) is 7.93. The van der Waals surface area contributed by atoms with Crippen LogP contribution in [0.25, 0.3) is 0 Å². The number of nitrogens with one attached hydrogen (secondary N) is 1. The average molecular weight is 802 g/mol. The molecule has 0 saturated heterocycles. The summed E-state index contributed by atoms with van der Waals surface area (Å²) in [6.07, 6.45) is 6.55. The molecule has 0 saturated carbocycles. The summed E-state index contributed by atoms with van der Waals surface area (Å²) in [5.74, 6) is -0.549. The Hall–Kier alpha value is -1.42. The van der Waals surface area contributed by atoms with Gasteiger partial charge in [0.2, 0.25) is 0 Å².